The predicted octanol–water partition coefficient (Wildman–Crippen LogP) is 4.25. The van der Waals surface area contributed by atoms with Gasteiger partial charge in [0, 0.05) is 12.3 Å². The molecular weight excluding hydrogens is 344 g/mol. The van der Waals surface area contributed by atoms with Gasteiger partial charge >= 0.3 is 0 Å². The Morgan fingerprint density at radius 2 is 1.85 bits per heavy atom. The van der Waals surface area contributed by atoms with Gasteiger partial charge in [-0.25, -0.2) is 0 Å². The molecule has 2 aromatic rings. The number of para-hydroxylation sites is 1. The van der Waals surface area contributed by atoms with E-state index in [4.69, 9.17) is 0 Å². The van der Waals surface area contributed by atoms with Gasteiger partial charge in [0.25, 0.3) is 5.91 Å². The van der Waals surface area contributed by atoms with Gasteiger partial charge in [0.2, 0.25) is 5.91 Å². The first-order valence-corrected chi connectivity index (χ1v) is 9.91. The average Bonchev–Trinajstić information content (AvgIpc) is 2.60. The molecule has 138 valence electrons. The molecule has 4 nitrogen and oxygen atoms in total. The number of thioether (sulfide) groups is 1. The van der Waals surface area contributed by atoms with E-state index < -0.39 is 0 Å². The molecule has 0 unspecified atom stereocenters. The molecule has 2 N–H and O–H groups in total. The number of amides is 2. The van der Waals surface area contributed by atoms with E-state index in [1.165, 1.54) is 11.1 Å². The van der Waals surface area contributed by atoms with Gasteiger partial charge in [0.05, 0.1) is 17.0 Å². The molecule has 0 atom stereocenters. The maximum Gasteiger partial charge on any atom is 0.253 e. The summed E-state index contributed by atoms with van der Waals surface area (Å²) in [5, 5.41) is 5.74. The minimum atomic E-state index is -0.165. The molecule has 0 fully saturated rings. The standard InChI is InChI=1S/C21H26N2O2S/c1-15(2)12-22-21(25)18-9-4-5-10-19(18)23-20(24)14-26-13-17-8-6-7-16(3)11-17/h4-11,15H,12-14H2,1-3H3,(H,22,25)(H,23,24). The smallest absolute Gasteiger partial charge is 0.253 e. The van der Waals surface area contributed by atoms with Gasteiger partial charge in [0.1, 0.15) is 0 Å². The lowest BCUT2D eigenvalue weighted by Crippen LogP contribution is -2.28. The van der Waals surface area contributed by atoms with Crippen molar-refractivity contribution in [2.24, 2.45) is 5.92 Å². The summed E-state index contributed by atoms with van der Waals surface area (Å²) in [6.07, 6.45) is 0. The van der Waals surface area contributed by atoms with Crippen LogP contribution in [-0.4, -0.2) is 24.1 Å². The third-order valence-corrected chi connectivity index (χ3v) is 4.70. The fourth-order valence-corrected chi connectivity index (χ4v) is 3.21. The van der Waals surface area contributed by atoms with Crippen LogP contribution >= 0.6 is 11.8 Å². The predicted molar refractivity (Wildman–Crippen MR) is 110 cm³/mol. The molecule has 0 radical (unpaired) electrons. The van der Waals surface area contributed by atoms with E-state index in [1.54, 1.807) is 30.0 Å². The summed E-state index contributed by atoms with van der Waals surface area (Å²) in [4.78, 5) is 24.6. The molecule has 0 heterocycles. The van der Waals surface area contributed by atoms with Crippen LogP contribution in [0.15, 0.2) is 48.5 Å². The lowest BCUT2D eigenvalue weighted by Gasteiger charge is -2.12. The van der Waals surface area contributed by atoms with Crippen LogP contribution in [0.5, 0.6) is 0 Å². The van der Waals surface area contributed by atoms with Crippen molar-refractivity contribution in [2.75, 3.05) is 17.6 Å². The van der Waals surface area contributed by atoms with Crippen LogP contribution in [0.25, 0.3) is 0 Å². The first-order valence-electron chi connectivity index (χ1n) is 8.76. The van der Waals surface area contributed by atoms with E-state index in [1.807, 2.05) is 26.0 Å². The number of aryl methyl sites for hydroxylation is 1. The van der Waals surface area contributed by atoms with Crippen molar-refractivity contribution in [2.45, 2.75) is 26.5 Å². The summed E-state index contributed by atoms with van der Waals surface area (Å²) in [5.41, 5.74) is 3.46. The third-order valence-electron chi connectivity index (χ3n) is 3.70. The van der Waals surface area contributed by atoms with Crippen molar-refractivity contribution in [1.29, 1.82) is 0 Å². The van der Waals surface area contributed by atoms with Crippen LogP contribution in [0.4, 0.5) is 5.69 Å². The highest BCUT2D eigenvalue weighted by Crippen LogP contribution is 2.17. The summed E-state index contributed by atoms with van der Waals surface area (Å²) in [6, 6.07) is 15.4. The van der Waals surface area contributed by atoms with Gasteiger partial charge in [-0.2, -0.15) is 0 Å². The second-order valence-corrected chi connectivity index (χ2v) is 7.67. The van der Waals surface area contributed by atoms with Crippen molar-refractivity contribution in [1.82, 2.24) is 5.32 Å². The number of nitrogens with one attached hydrogen (secondary N) is 2. The first kappa shape index (κ1) is 20.0. The molecule has 5 heteroatoms. The van der Waals surface area contributed by atoms with E-state index in [-0.39, 0.29) is 11.8 Å². The van der Waals surface area contributed by atoms with Gasteiger partial charge in [-0.3, -0.25) is 9.59 Å². The summed E-state index contributed by atoms with van der Waals surface area (Å²) >= 11 is 1.56. The molecule has 26 heavy (non-hydrogen) atoms. The molecule has 0 spiro atoms. The van der Waals surface area contributed by atoms with Gasteiger partial charge in [-0.1, -0.05) is 55.8 Å². The van der Waals surface area contributed by atoms with Crippen molar-refractivity contribution in [3.05, 3.63) is 65.2 Å². The van der Waals surface area contributed by atoms with Crippen LogP contribution in [0, 0.1) is 12.8 Å². The van der Waals surface area contributed by atoms with Crippen molar-refractivity contribution in [3.8, 4) is 0 Å². The maximum absolute atomic E-state index is 12.3. The average molecular weight is 371 g/mol. The zero-order valence-electron chi connectivity index (χ0n) is 15.5. The Morgan fingerprint density at radius 1 is 1.08 bits per heavy atom. The summed E-state index contributed by atoms with van der Waals surface area (Å²) < 4.78 is 0. The second kappa shape index (κ2) is 10.0. The zero-order valence-corrected chi connectivity index (χ0v) is 16.4. The van der Waals surface area contributed by atoms with Crippen molar-refractivity contribution in [3.63, 3.8) is 0 Å². The topological polar surface area (TPSA) is 58.2 Å². The fraction of sp³-hybridized carbons (Fsp3) is 0.333. The molecule has 2 amide bonds. The highest BCUT2D eigenvalue weighted by molar-refractivity contribution is 7.99. The van der Waals surface area contributed by atoms with E-state index in [2.05, 4.69) is 35.8 Å². The third kappa shape index (κ3) is 6.56. The maximum atomic E-state index is 12.3. The molecule has 0 aliphatic carbocycles. The molecule has 0 aliphatic rings. The van der Waals surface area contributed by atoms with Crippen molar-refractivity contribution < 1.29 is 9.59 Å². The van der Waals surface area contributed by atoms with Gasteiger partial charge in [0.15, 0.2) is 0 Å². The van der Waals surface area contributed by atoms with E-state index >= 15 is 0 Å². The number of hydrogen-bond donors (Lipinski definition) is 2. The van der Waals surface area contributed by atoms with E-state index in [0.717, 1.165) is 5.75 Å². The van der Waals surface area contributed by atoms with Crippen LogP contribution in [0.3, 0.4) is 0 Å². The summed E-state index contributed by atoms with van der Waals surface area (Å²) in [6.45, 7) is 6.74. The van der Waals surface area contributed by atoms with Gasteiger partial charge in [-0.05, 0) is 30.5 Å². The molecule has 0 aliphatic heterocycles. The Kier molecular flexibility index (Phi) is 7.73. The quantitative estimate of drug-likeness (QED) is 0.730. The van der Waals surface area contributed by atoms with Crippen molar-refractivity contribution >= 4 is 29.3 Å². The number of carbonyl (C=O) groups is 2. The number of hydrogen-bond acceptors (Lipinski definition) is 3. The van der Waals surface area contributed by atoms with E-state index in [9.17, 15) is 9.59 Å². The van der Waals surface area contributed by atoms with Crippen LogP contribution in [-0.2, 0) is 10.5 Å². The molecular formula is C21H26N2O2S. The number of anilines is 1. The van der Waals surface area contributed by atoms with Crippen LogP contribution < -0.4 is 10.6 Å². The Labute approximate surface area is 159 Å². The number of carbonyl (C=O) groups excluding carboxylic acids is 2. The number of benzene rings is 2. The Morgan fingerprint density at radius 3 is 2.58 bits per heavy atom. The lowest BCUT2D eigenvalue weighted by atomic mass is 10.1. The van der Waals surface area contributed by atoms with E-state index in [0.29, 0.717) is 29.5 Å². The Hall–Kier alpha value is -2.27. The number of rotatable bonds is 8. The van der Waals surface area contributed by atoms with Gasteiger partial charge in [-0.15, -0.1) is 11.8 Å². The normalized spacial score (nSPS) is 10.6. The molecule has 0 aromatic heterocycles. The largest absolute Gasteiger partial charge is 0.352 e. The monoisotopic (exact) mass is 370 g/mol. The SMILES string of the molecule is Cc1cccc(CSCC(=O)Nc2ccccc2C(=O)NCC(C)C)c1. The second-order valence-electron chi connectivity index (χ2n) is 6.68. The molecule has 2 aromatic carbocycles. The molecule has 0 bridgehead atoms. The molecule has 2 rings (SSSR count). The summed E-state index contributed by atoms with van der Waals surface area (Å²) in [5.74, 6) is 1.23. The first-order chi connectivity index (χ1) is 12.5. The minimum absolute atomic E-state index is 0.105. The molecule has 0 saturated carbocycles. The lowest BCUT2D eigenvalue weighted by molar-refractivity contribution is -0.113. The summed E-state index contributed by atoms with van der Waals surface area (Å²) in [7, 11) is 0. The fourth-order valence-electron chi connectivity index (χ4n) is 2.43. The molecule has 0 saturated heterocycles. The van der Waals surface area contributed by atoms with Crippen LogP contribution in [0.1, 0.15) is 35.3 Å². The van der Waals surface area contributed by atoms with Gasteiger partial charge < -0.3 is 10.6 Å². The Balaban J connectivity index is 1.89. The Bertz CT molecular complexity index is 759. The minimum Gasteiger partial charge on any atom is -0.352 e. The van der Waals surface area contributed by atoms with Crippen LogP contribution in [0.2, 0.25) is 0 Å². The zero-order chi connectivity index (χ0) is 18.9. The highest BCUT2D eigenvalue weighted by atomic mass is 32.2. The highest BCUT2D eigenvalue weighted by Gasteiger charge is 2.13.